The summed E-state index contributed by atoms with van der Waals surface area (Å²) in [5.74, 6) is -1.30. The van der Waals surface area contributed by atoms with E-state index in [0.717, 1.165) is 59.9 Å². The molecule has 5 rings (SSSR count). The van der Waals surface area contributed by atoms with Crippen molar-refractivity contribution in [1.29, 1.82) is 0 Å². The highest BCUT2D eigenvalue weighted by Gasteiger charge is 2.41. The number of nitrogens with zero attached hydrogens (tertiary/aromatic N) is 1. The molecule has 3 fully saturated rings. The van der Waals surface area contributed by atoms with E-state index in [4.69, 9.17) is 9.47 Å². The summed E-state index contributed by atoms with van der Waals surface area (Å²) in [6.45, 7) is 5.11. The van der Waals surface area contributed by atoms with Crippen molar-refractivity contribution >= 4 is 58.0 Å². The van der Waals surface area contributed by atoms with Gasteiger partial charge in [-0.25, -0.2) is 4.79 Å². The Morgan fingerprint density at radius 3 is 2.31 bits per heavy atom. The summed E-state index contributed by atoms with van der Waals surface area (Å²) in [5.41, 5.74) is 0.894. The number of hydrogen-bond donors (Lipinski definition) is 4. The molecule has 2 aromatic carbocycles. The zero-order chi connectivity index (χ0) is 36.3. The number of nitrogens with one attached hydrogen (secondary N) is 2. The Bertz CT molecular complexity index is 1470. The lowest BCUT2D eigenvalue weighted by Gasteiger charge is -2.33. The third-order valence-corrected chi connectivity index (χ3v) is 13.1. The standard InChI is InChI=1S/C38H53N3O8S2/c1-24(2)49-37(47)33(43)30(21-25-9-4-3-5-10-25)39-36(46)32(34(44)38-50-19-20-51-38)40-35(45)28(23-31(42)41-15-17-48-18-16-41)22-27-13-8-12-26-11-6-7-14-29(26)27/h6-8,11-14,24-25,28,30,32-34,38,43-44H,3-5,9-10,15-23H2,1-2H3,(H,39,46)(H,40,45)/t28-,30+,32+,33-,34+/m1/s1. The van der Waals surface area contributed by atoms with Crippen molar-refractivity contribution in [2.24, 2.45) is 11.8 Å². The zero-order valence-corrected chi connectivity index (χ0v) is 31.3. The third kappa shape index (κ3) is 11.1. The number of amides is 3. The van der Waals surface area contributed by atoms with Crippen LogP contribution in [0.25, 0.3) is 10.8 Å². The Labute approximate surface area is 309 Å². The van der Waals surface area contributed by atoms with Crippen LogP contribution in [0.4, 0.5) is 0 Å². The Morgan fingerprint density at radius 2 is 1.61 bits per heavy atom. The summed E-state index contributed by atoms with van der Waals surface area (Å²) in [7, 11) is 0. The molecule has 0 spiro atoms. The van der Waals surface area contributed by atoms with Crippen molar-refractivity contribution in [1.82, 2.24) is 15.5 Å². The second kappa shape index (κ2) is 19.3. The SMILES string of the molecule is CC(C)OC(=O)[C@H](O)[C@H](CC1CCCCC1)NC(=O)[C@@H](NC(=O)[C@@H](CC(=O)N1CCOCC1)Cc1cccc2ccccc12)[C@H](O)C1SCCS1. The smallest absolute Gasteiger partial charge is 0.337 e. The fourth-order valence-corrected chi connectivity index (χ4v) is 10.1. The first kappa shape index (κ1) is 39.4. The van der Waals surface area contributed by atoms with Gasteiger partial charge in [-0.3, -0.25) is 14.4 Å². The predicted octanol–water partition coefficient (Wildman–Crippen LogP) is 3.67. The van der Waals surface area contributed by atoms with Crippen LogP contribution < -0.4 is 10.6 Å². The van der Waals surface area contributed by atoms with Crippen LogP contribution in [0.1, 0.15) is 64.4 Å². The first-order chi connectivity index (χ1) is 24.6. The molecule has 2 aromatic rings. The number of morpholine rings is 1. The molecule has 2 saturated heterocycles. The second-order valence-corrected chi connectivity index (χ2v) is 16.9. The van der Waals surface area contributed by atoms with Crippen molar-refractivity contribution < 1.29 is 38.9 Å². The monoisotopic (exact) mass is 743 g/mol. The maximum Gasteiger partial charge on any atom is 0.337 e. The van der Waals surface area contributed by atoms with Gasteiger partial charge in [0.15, 0.2) is 6.10 Å². The van der Waals surface area contributed by atoms with Gasteiger partial charge in [0, 0.05) is 31.0 Å². The van der Waals surface area contributed by atoms with Gasteiger partial charge < -0.3 is 35.2 Å². The molecule has 2 aliphatic heterocycles. The van der Waals surface area contributed by atoms with E-state index >= 15 is 0 Å². The minimum Gasteiger partial charge on any atom is -0.461 e. The van der Waals surface area contributed by atoms with Gasteiger partial charge in [0.2, 0.25) is 17.7 Å². The molecule has 11 nitrogen and oxygen atoms in total. The number of hydrogen-bond acceptors (Lipinski definition) is 10. The van der Waals surface area contributed by atoms with Crippen LogP contribution in [-0.2, 0) is 35.1 Å². The average Bonchev–Trinajstić information content (AvgIpc) is 3.68. The van der Waals surface area contributed by atoms with E-state index in [0.29, 0.717) is 32.7 Å². The first-order valence-corrected chi connectivity index (χ1v) is 20.4. The number of aliphatic hydroxyl groups excluding tert-OH is 2. The van der Waals surface area contributed by atoms with Crippen molar-refractivity contribution in [2.45, 2.75) is 100 Å². The molecule has 280 valence electrons. The average molecular weight is 744 g/mol. The number of thioether (sulfide) groups is 2. The summed E-state index contributed by atoms with van der Waals surface area (Å²) in [6.07, 6.45) is 2.20. The van der Waals surface area contributed by atoms with Gasteiger partial charge in [-0.1, -0.05) is 74.6 Å². The lowest BCUT2D eigenvalue weighted by atomic mass is 9.83. The number of rotatable bonds is 15. The Hall–Kier alpha value is -2.84. The van der Waals surface area contributed by atoms with Crippen molar-refractivity contribution in [3.05, 3.63) is 48.0 Å². The molecule has 1 aliphatic carbocycles. The molecule has 3 aliphatic rings. The molecule has 13 heteroatoms. The van der Waals surface area contributed by atoms with Crippen LogP contribution in [0, 0.1) is 11.8 Å². The number of esters is 1. The van der Waals surface area contributed by atoms with Crippen LogP contribution in [-0.4, -0.2) is 112 Å². The highest BCUT2D eigenvalue weighted by Crippen LogP contribution is 2.36. The summed E-state index contributed by atoms with van der Waals surface area (Å²) < 4.78 is 10.4. The normalized spacial score (nSPS) is 20.4. The van der Waals surface area contributed by atoms with E-state index in [9.17, 15) is 29.4 Å². The van der Waals surface area contributed by atoms with Crippen LogP contribution >= 0.6 is 23.5 Å². The van der Waals surface area contributed by atoms with Gasteiger partial charge in [0.1, 0.15) is 12.1 Å². The van der Waals surface area contributed by atoms with Crippen molar-refractivity contribution in [3.63, 3.8) is 0 Å². The number of carbonyl (C=O) groups is 4. The summed E-state index contributed by atoms with van der Waals surface area (Å²) in [4.78, 5) is 56.8. The molecule has 5 atom stereocenters. The molecule has 2 heterocycles. The second-order valence-electron chi connectivity index (χ2n) is 14.1. The van der Waals surface area contributed by atoms with Crippen LogP contribution in [0.15, 0.2) is 42.5 Å². The number of carbonyl (C=O) groups excluding carboxylic acids is 4. The van der Waals surface area contributed by atoms with Crippen molar-refractivity contribution in [2.75, 3.05) is 37.8 Å². The van der Waals surface area contributed by atoms with Gasteiger partial charge in [-0.05, 0) is 48.9 Å². The molecular formula is C38H53N3O8S2. The van der Waals surface area contributed by atoms with E-state index in [1.54, 1.807) is 18.7 Å². The molecule has 1 saturated carbocycles. The molecule has 0 aromatic heterocycles. The highest BCUT2D eigenvalue weighted by molar-refractivity contribution is 8.20. The molecule has 51 heavy (non-hydrogen) atoms. The van der Waals surface area contributed by atoms with Crippen molar-refractivity contribution in [3.8, 4) is 0 Å². The van der Waals surface area contributed by atoms with Gasteiger partial charge in [0.25, 0.3) is 0 Å². The van der Waals surface area contributed by atoms with Gasteiger partial charge in [0.05, 0.1) is 35.9 Å². The molecular weight excluding hydrogens is 691 g/mol. The quantitative estimate of drug-likeness (QED) is 0.199. The lowest BCUT2D eigenvalue weighted by molar-refractivity contribution is -0.159. The Balaban J connectivity index is 1.41. The maximum atomic E-state index is 14.4. The first-order valence-electron chi connectivity index (χ1n) is 18.3. The van der Waals surface area contributed by atoms with E-state index in [1.165, 1.54) is 23.5 Å². The highest BCUT2D eigenvalue weighted by atomic mass is 32.2. The minimum atomic E-state index is -1.62. The van der Waals surface area contributed by atoms with Crippen LogP contribution in [0.5, 0.6) is 0 Å². The summed E-state index contributed by atoms with van der Waals surface area (Å²) in [5, 5.41) is 30.5. The van der Waals surface area contributed by atoms with E-state index in [2.05, 4.69) is 10.6 Å². The van der Waals surface area contributed by atoms with Gasteiger partial charge in [-0.2, -0.15) is 0 Å². The van der Waals surface area contributed by atoms with Gasteiger partial charge in [-0.15, -0.1) is 23.5 Å². The molecule has 0 unspecified atom stereocenters. The molecule has 4 N–H and O–H groups in total. The summed E-state index contributed by atoms with van der Waals surface area (Å²) >= 11 is 3.03. The molecule has 3 amide bonds. The Kier molecular flexibility index (Phi) is 14.9. The fraction of sp³-hybridized carbons (Fsp3) is 0.632. The molecule has 0 bridgehead atoms. The zero-order valence-electron chi connectivity index (χ0n) is 29.7. The number of fused-ring (bicyclic) bond motifs is 1. The lowest BCUT2D eigenvalue weighted by Crippen LogP contribution is -2.60. The summed E-state index contributed by atoms with van der Waals surface area (Å²) in [6, 6.07) is 11.4. The number of ether oxygens (including phenoxy) is 2. The Morgan fingerprint density at radius 1 is 0.922 bits per heavy atom. The number of aliphatic hydroxyl groups is 2. The molecule has 0 radical (unpaired) electrons. The van der Waals surface area contributed by atoms with E-state index in [-0.39, 0.29) is 29.2 Å². The topological polar surface area (TPSA) is 154 Å². The number of benzene rings is 2. The van der Waals surface area contributed by atoms with E-state index < -0.39 is 54.1 Å². The van der Waals surface area contributed by atoms with Crippen LogP contribution in [0.2, 0.25) is 0 Å². The maximum absolute atomic E-state index is 14.4. The fourth-order valence-electron chi connectivity index (χ4n) is 7.24. The minimum absolute atomic E-state index is 0.0868. The van der Waals surface area contributed by atoms with E-state index in [1.807, 2.05) is 42.5 Å². The predicted molar refractivity (Wildman–Crippen MR) is 200 cm³/mol. The van der Waals surface area contributed by atoms with Crippen LogP contribution in [0.3, 0.4) is 0 Å². The largest absolute Gasteiger partial charge is 0.461 e. The van der Waals surface area contributed by atoms with Gasteiger partial charge >= 0.3 is 5.97 Å². The third-order valence-electron chi connectivity index (χ3n) is 9.96.